The number of hydrogen-bond acceptors (Lipinski definition) is 9. The molecular formula is C18H16Cl4F3IN2O9S. The van der Waals surface area contributed by atoms with Crippen LogP contribution in [0, 0.1) is 3.57 Å². The first kappa shape index (κ1) is 34.6. The van der Waals surface area contributed by atoms with Gasteiger partial charge in [0.2, 0.25) is 0 Å². The van der Waals surface area contributed by atoms with E-state index in [1.807, 2.05) is 0 Å². The van der Waals surface area contributed by atoms with E-state index in [9.17, 15) is 41.5 Å². The third-order valence-corrected chi connectivity index (χ3v) is 12.0. The third kappa shape index (κ3) is 9.97. The van der Waals surface area contributed by atoms with Gasteiger partial charge in [-0.15, -0.1) is 0 Å². The van der Waals surface area contributed by atoms with Crippen LogP contribution in [0.25, 0.3) is 5.53 Å². The van der Waals surface area contributed by atoms with Crippen LogP contribution in [0.5, 0.6) is 0 Å². The molecule has 0 heterocycles. The van der Waals surface area contributed by atoms with Crippen molar-refractivity contribution >= 4 is 98.4 Å². The molecule has 0 aromatic heterocycles. The number of ether oxygens (including phenoxy) is 3. The first-order valence-electron chi connectivity index (χ1n) is 9.59. The molecule has 0 spiro atoms. The Labute approximate surface area is 241 Å². The molecular weight excluding hydrogens is 746 g/mol. The molecule has 0 N–H and O–H groups in total. The van der Waals surface area contributed by atoms with E-state index in [4.69, 9.17) is 60.6 Å². The molecule has 1 rings (SSSR count). The van der Waals surface area contributed by atoms with Crippen LogP contribution in [0.4, 0.5) is 13.2 Å². The molecule has 214 valence electrons. The molecule has 0 unspecified atom stereocenters. The first-order valence-corrected chi connectivity index (χ1v) is 16.2. The van der Waals surface area contributed by atoms with Gasteiger partial charge in [0.25, 0.3) is 0 Å². The van der Waals surface area contributed by atoms with Gasteiger partial charge in [0, 0.05) is 0 Å². The number of esters is 3. The van der Waals surface area contributed by atoms with Crippen molar-refractivity contribution in [3.63, 3.8) is 0 Å². The summed E-state index contributed by atoms with van der Waals surface area (Å²) < 4.78 is 79.9. The van der Waals surface area contributed by atoms with Gasteiger partial charge in [-0.05, 0) is 0 Å². The van der Waals surface area contributed by atoms with E-state index in [0.717, 1.165) is 18.2 Å². The summed E-state index contributed by atoms with van der Waals surface area (Å²) in [5.41, 5.74) is 2.86. The molecule has 0 saturated carbocycles. The second-order valence-electron chi connectivity index (χ2n) is 6.41. The van der Waals surface area contributed by atoms with Crippen molar-refractivity contribution in [2.75, 3.05) is 30.1 Å². The van der Waals surface area contributed by atoms with Crippen molar-refractivity contribution in [2.45, 2.75) is 17.7 Å². The van der Waals surface area contributed by atoms with Crippen LogP contribution in [0.2, 0.25) is 0 Å². The molecule has 0 atom stereocenters. The number of halogens is 8. The summed E-state index contributed by atoms with van der Waals surface area (Å²) in [5.74, 6) is -5.14. The van der Waals surface area contributed by atoms with Crippen molar-refractivity contribution in [3.05, 3.63) is 38.9 Å². The van der Waals surface area contributed by atoms with Crippen molar-refractivity contribution in [1.82, 2.24) is 0 Å². The van der Waals surface area contributed by atoms with E-state index in [1.165, 1.54) is 6.07 Å². The Kier molecular flexibility index (Phi) is 14.6. The fraction of sp³-hybridized carbons (Fsp3) is 0.444. The van der Waals surface area contributed by atoms with Crippen molar-refractivity contribution < 1.29 is 57.5 Å². The number of carbonyl (C=O) groups is 3. The van der Waals surface area contributed by atoms with Crippen molar-refractivity contribution in [2.24, 2.45) is 0 Å². The number of hydrogen-bond donors (Lipinski definition) is 0. The van der Waals surface area contributed by atoms with Crippen LogP contribution in [0.15, 0.2) is 24.3 Å². The Balaban J connectivity index is 3.47. The fourth-order valence-electron chi connectivity index (χ4n) is 2.03. The molecule has 38 heavy (non-hydrogen) atoms. The van der Waals surface area contributed by atoms with Crippen LogP contribution in [-0.4, -0.2) is 82.7 Å². The minimum atomic E-state index is -6.39. The summed E-state index contributed by atoms with van der Waals surface area (Å²) in [5, 5.41) is 0. The van der Waals surface area contributed by atoms with E-state index in [2.05, 4.69) is 7.30 Å². The summed E-state index contributed by atoms with van der Waals surface area (Å²) in [6.45, 7) is -0.997. The Hall–Kier alpha value is -1.40. The zero-order chi connectivity index (χ0) is 29.1. The van der Waals surface area contributed by atoms with Gasteiger partial charge in [0.05, 0.1) is 0 Å². The predicted molar refractivity (Wildman–Crippen MR) is 137 cm³/mol. The van der Waals surface area contributed by atoms with Gasteiger partial charge in [-0.1, -0.05) is 0 Å². The average molecular weight is 762 g/mol. The fourth-order valence-corrected chi connectivity index (χ4v) is 9.17. The third-order valence-electron chi connectivity index (χ3n) is 3.71. The SMILES string of the molecule is [N-]=[N+]=C(C(=O)OC(CCl)CCl)I(OS(=O)(=O)C(F)(F)F)c1ccccc1C(=O)OCC(=O)OC(CCl)CCl. The van der Waals surface area contributed by atoms with Crippen LogP contribution >= 0.6 is 66.6 Å². The predicted octanol–water partition coefficient (Wildman–Crippen LogP) is 3.71. The second-order valence-corrected chi connectivity index (χ2v) is 13.8. The van der Waals surface area contributed by atoms with Gasteiger partial charge < -0.3 is 0 Å². The van der Waals surface area contributed by atoms with Crippen LogP contribution in [0.3, 0.4) is 0 Å². The maximum absolute atomic E-state index is 13.1. The normalized spacial score (nSPS) is 12.1. The number of alkyl halides is 7. The molecule has 0 bridgehead atoms. The Morgan fingerprint density at radius 3 is 2.00 bits per heavy atom. The number of rotatable bonds is 14. The number of benzene rings is 1. The molecule has 0 amide bonds. The molecule has 11 nitrogen and oxygen atoms in total. The molecule has 1 aromatic rings. The molecule has 0 aliphatic carbocycles. The van der Waals surface area contributed by atoms with E-state index < -0.39 is 85.4 Å². The zero-order valence-corrected chi connectivity index (χ0v) is 24.5. The van der Waals surface area contributed by atoms with Crippen LogP contribution in [0.1, 0.15) is 10.4 Å². The van der Waals surface area contributed by atoms with Gasteiger partial charge >= 0.3 is 243 Å². The summed E-state index contributed by atoms with van der Waals surface area (Å²) in [6.07, 6.45) is -2.12. The van der Waals surface area contributed by atoms with Gasteiger partial charge in [0.15, 0.2) is 0 Å². The molecule has 20 heteroatoms. The molecule has 0 fully saturated rings. The van der Waals surface area contributed by atoms with E-state index >= 15 is 0 Å². The topological polar surface area (TPSA) is 159 Å². The van der Waals surface area contributed by atoms with Crippen molar-refractivity contribution in [1.29, 1.82) is 0 Å². The van der Waals surface area contributed by atoms with Crippen LogP contribution < -0.4 is 0 Å². The Bertz CT molecular complexity index is 1160. The first-order chi connectivity index (χ1) is 17.8. The second kappa shape index (κ2) is 16.0. The molecule has 0 saturated heterocycles. The van der Waals surface area contributed by atoms with E-state index in [1.54, 1.807) is 0 Å². The quantitative estimate of drug-likeness (QED) is 0.0403. The maximum atomic E-state index is 13.1. The number of carbonyl (C=O) groups excluding carboxylic acids is 3. The Morgan fingerprint density at radius 2 is 1.50 bits per heavy atom. The monoisotopic (exact) mass is 760 g/mol. The van der Waals surface area contributed by atoms with Gasteiger partial charge in [-0.3, -0.25) is 0 Å². The zero-order valence-electron chi connectivity index (χ0n) is 18.5. The standard InChI is InChI=1S/C18H16Cl4F3IN2O9S/c19-5-10(6-20)35-14(29)9-34-16(30)12-3-1-2-4-13(12)26(37-38(32,33)18(23,24)25)15(28-27)17(31)36-11(7-21)8-22/h1-4,10-11H,5-9H2. The minimum absolute atomic E-state index is 0.168. The van der Waals surface area contributed by atoms with Gasteiger partial charge in [-0.2, -0.15) is 0 Å². The molecule has 0 aliphatic rings. The van der Waals surface area contributed by atoms with Gasteiger partial charge in [0.1, 0.15) is 0 Å². The Morgan fingerprint density at radius 1 is 0.974 bits per heavy atom. The van der Waals surface area contributed by atoms with E-state index in [0.29, 0.717) is 0 Å². The summed E-state index contributed by atoms with van der Waals surface area (Å²) in [7, 11) is -6.39. The van der Waals surface area contributed by atoms with Gasteiger partial charge in [-0.25, -0.2) is 0 Å². The summed E-state index contributed by atoms with van der Waals surface area (Å²) >= 11 is 17.4. The molecule has 0 aliphatic heterocycles. The number of nitrogens with zero attached hydrogens (tertiary/aromatic N) is 2. The summed E-state index contributed by atoms with van der Waals surface area (Å²) in [6, 6.07) is 4.26. The molecule has 0 radical (unpaired) electrons. The summed E-state index contributed by atoms with van der Waals surface area (Å²) in [4.78, 5) is 39.7. The van der Waals surface area contributed by atoms with Crippen LogP contribution in [-0.2, 0) is 36.4 Å². The average Bonchev–Trinajstić information content (AvgIpc) is 2.87. The van der Waals surface area contributed by atoms with Crippen molar-refractivity contribution in [3.8, 4) is 0 Å². The molecule has 1 aromatic carbocycles. The van der Waals surface area contributed by atoms with E-state index in [-0.39, 0.29) is 23.5 Å².